The van der Waals surface area contributed by atoms with Gasteiger partial charge in [0.15, 0.2) is 11.6 Å². The van der Waals surface area contributed by atoms with Gasteiger partial charge in [0.25, 0.3) is 0 Å². The number of benzene rings is 1. The van der Waals surface area contributed by atoms with Gasteiger partial charge in [0.05, 0.1) is 0 Å². The topological polar surface area (TPSA) is 0 Å². The molecular formula is C10H9F3. The summed E-state index contributed by atoms with van der Waals surface area (Å²) in [6, 6.07) is 1.39. The lowest BCUT2D eigenvalue weighted by molar-refractivity contribution is 0.493. The van der Waals surface area contributed by atoms with Crippen molar-refractivity contribution < 1.29 is 13.2 Å². The smallest absolute Gasteiger partial charge is 0.161 e. The zero-order chi connectivity index (χ0) is 9.84. The number of unbranched alkanes of at least 4 members (excludes halogenated alkanes) is 1. The molecule has 0 saturated carbocycles. The number of hydrogen-bond donors (Lipinski definition) is 0. The van der Waals surface area contributed by atoms with E-state index in [1.807, 2.05) is 6.92 Å². The Morgan fingerprint density at radius 3 is 2.31 bits per heavy atom. The summed E-state index contributed by atoms with van der Waals surface area (Å²) >= 11 is 0. The monoisotopic (exact) mass is 186 g/mol. The first-order chi connectivity index (χ1) is 6.15. The van der Waals surface area contributed by atoms with Gasteiger partial charge in [-0.05, 0) is 24.5 Å². The van der Waals surface area contributed by atoms with E-state index in [1.165, 1.54) is 6.42 Å². The Morgan fingerprint density at radius 1 is 1.08 bits per heavy atom. The average Bonchev–Trinajstić information content (AvgIpc) is 2.09. The van der Waals surface area contributed by atoms with Gasteiger partial charge in [-0.3, -0.25) is 0 Å². The molecule has 1 rings (SSSR count). The van der Waals surface area contributed by atoms with Crippen LogP contribution in [0, 0.1) is 30.3 Å². The van der Waals surface area contributed by atoms with Gasteiger partial charge in [-0.25, -0.2) is 13.2 Å². The quantitative estimate of drug-likeness (QED) is 0.635. The van der Waals surface area contributed by atoms with Crippen LogP contribution in [-0.4, -0.2) is 0 Å². The van der Waals surface area contributed by atoms with Crippen molar-refractivity contribution in [2.24, 2.45) is 0 Å². The highest BCUT2D eigenvalue weighted by Gasteiger charge is 2.08. The zero-order valence-corrected chi connectivity index (χ0v) is 7.15. The van der Waals surface area contributed by atoms with E-state index in [0.29, 0.717) is 6.07 Å². The third-order valence-electron chi connectivity index (χ3n) is 1.57. The fraction of sp³-hybridized carbons (Fsp3) is 0.200. The summed E-state index contributed by atoms with van der Waals surface area (Å²) in [5.41, 5.74) is 0.0701. The van der Waals surface area contributed by atoms with E-state index in [2.05, 4.69) is 0 Å². The second-order valence-electron chi connectivity index (χ2n) is 2.60. The molecular weight excluding hydrogens is 177 g/mol. The Hall–Kier alpha value is -0.990. The number of rotatable bonds is 3. The molecule has 0 N–H and O–H groups in total. The van der Waals surface area contributed by atoms with Crippen LogP contribution in [0.5, 0.6) is 0 Å². The van der Waals surface area contributed by atoms with Crippen molar-refractivity contribution in [1.29, 1.82) is 0 Å². The molecule has 0 fully saturated rings. The van der Waals surface area contributed by atoms with Crippen LogP contribution >= 0.6 is 0 Å². The van der Waals surface area contributed by atoms with Crippen LogP contribution in [0.15, 0.2) is 12.1 Å². The van der Waals surface area contributed by atoms with Gasteiger partial charge in [-0.1, -0.05) is 13.3 Å². The molecule has 0 heterocycles. The van der Waals surface area contributed by atoms with Crippen LogP contribution in [0.25, 0.3) is 0 Å². The van der Waals surface area contributed by atoms with Crippen LogP contribution in [0.1, 0.15) is 18.9 Å². The number of halogens is 3. The fourth-order valence-electron chi connectivity index (χ4n) is 0.910. The summed E-state index contributed by atoms with van der Waals surface area (Å²) in [5.74, 6) is -2.94. The second kappa shape index (κ2) is 4.30. The molecule has 1 aromatic rings. The van der Waals surface area contributed by atoms with Crippen molar-refractivity contribution in [3.63, 3.8) is 0 Å². The maximum Gasteiger partial charge on any atom is 0.161 e. The third kappa shape index (κ3) is 2.47. The summed E-state index contributed by atoms with van der Waals surface area (Å²) in [4.78, 5) is 0. The molecule has 3 heteroatoms. The van der Waals surface area contributed by atoms with Crippen LogP contribution < -0.4 is 0 Å². The third-order valence-corrected chi connectivity index (χ3v) is 1.57. The molecule has 0 atom stereocenters. The Bertz CT molecular complexity index is 294. The Balaban J connectivity index is 2.88. The average molecular weight is 186 g/mol. The highest BCUT2D eigenvalue weighted by Crippen LogP contribution is 2.16. The van der Waals surface area contributed by atoms with Gasteiger partial charge in [0, 0.05) is 6.07 Å². The first-order valence-corrected chi connectivity index (χ1v) is 3.96. The van der Waals surface area contributed by atoms with E-state index in [-0.39, 0.29) is 5.56 Å². The molecule has 0 aliphatic carbocycles. The lowest BCUT2D eigenvalue weighted by Gasteiger charge is -2.01. The summed E-state index contributed by atoms with van der Waals surface area (Å²) in [6.07, 6.45) is 3.83. The molecule has 70 valence electrons. The molecule has 0 unspecified atom stereocenters. The molecule has 0 aliphatic rings. The minimum Gasteiger partial charge on any atom is -0.207 e. The molecule has 0 amide bonds. The van der Waals surface area contributed by atoms with E-state index in [0.717, 1.165) is 12.5 Å². The van der Waals surface area contributed by atoms with Gasteiger partial charge in [0.2, 0.25) is 0 Å². The summed E-state index contributed by atoms with van der Waals surface area (Å²) in [6.45, 7) is 1.87. The van der Waals surface area contributed by atoms with Crippen molar-refractivity contribution >= 4 is 0 Å². The van der Waals surface area contributed by atoms with E-state index >= 15 is 0 Å². The molecule has 1 aromatic carbocycles. The minimum atomic E-state index is -1.16. The van der Waals surface area contributed by atoms with Crippen LogP contribution in [0.3, 0.4) is 0 Å². The highest BCUT2D eigenvalue weighted by molar-refractivity contribution is 5.29. The number of hydrogen-bond acceptors (Lipinski definition) is 0. The lowest BCUT2D eigenvalue weighted by atomic mass is 10.1. The van der Waals surface area contributed by atoms with Gasteiger partial charge in [0.1, 0.15) is 5.82 Å². The van der Waals surface area contributed by atoms with Gasteiger partial charge in [-0.2, -0.15) is 0 Å². The van der Waals surface area contributed by atoms with Gasteiger partial charge >= 0.3 is 0 Å². The van der Waals surface area contributed by atoms with E-state index in [9.17, 15) is 13.2 Å². The maximum absolute atomic E-state index is 12.9. The molecule has 0 nitrogen and oxygen atoms in total. The highest BCUT2D eigenvalue weighted by atomic mass is 19.2. The molecule has 13 heavy (non-hydrogen) atoms. The van der Waals surface area contributed by atoms with E-state index in [1.54, 1.807) is 6.42 Å². The fourth-order valence-corrected chi connectivity index (χ4v) is 0.910. The molecule has 2 radical (unpaired) electrons. The predicted octanol–water partition coefficient (Wildman–Crippen LogP) is 3.27. The standard InChI is InChI=1S/C10H9F3/c1-2-3-4-7-5-9(12)10(13)6-8(7)11/h3-6H,2H2,1H3. The first kappa shape index (κ1) is 10.1. The molecule has 0 saturated heterocycles. The van der Waals surface area contributed by atoms with Crippen molar-refractivity contribution in [3.8, 4) is 0 Å². The van der Waals surface area contributed by atoms with Crippen molar-refractivity contribution in [1.82, 2.24) is 0 Å². The molecule has 0 spiro atoms. The van der Waals surface area contributed by atoms with Crippen LogP contribution in [-0.2, 0) is 0 Å². The lowest BCUT2D eigenvalue weighted by Crippen LogP contribution is -1.94. The minimum absolute atomic E-state index is 0.0701. The first-order valence-electron chi connectivity index (χ1n) is 3.96. The van der Waals surface area contributed by atoms with E-state index in [4.69, 9.17) is 0 Å². The normalized spacial score (nSPS) is 10.5. The molecule has 0 bridgehead atoms. The summed E-state index contributed by atoms with van der Waals surface area (Å²) < 4.78 is 37.9. The van der Waals surface area contributed by atoms with Gasteiger partial charge in [-0.15, -0.1) is 0 Å². The van der Waals surface area contributed by atoms with Crippen molar-refractivity contribution in [2.75, 3.05) is 0 Å². The Kier molecular flexibility index (Phi) is 3.34. The van der Waals surface area contributed by atoms with Crippen LogP contribution in [0.2, 0.25) is 0 Å². The second-order valence-corrected chi connectivity index (χ2v) is 2.60. The molecule has 0 aromatic heterocycles. The van der Waals surface area contributed by atoms with Crippen LogP contribution in [0.4, 0.5) is 13.2 Å². The zero-order valence-electron chi connectivity index (χ0n) is 7.15. The Labute approximate surface area is 75.4 Å². The summed E-state index contributed by atoms with van der Waals surface area (Å²) in [7, 11) is 0. The molecule has 0 aliphatic heterocycles. The van der Waals surface area contributed by atoms with E-state index < -0.39 is 17.5 Å². The predicted molar refractivity (Wildman–Crippen MR) is 44.3 cm³/mol. The van der Waals surface area contributed by atoms with Crippen molar-refractivity contribution in [3.05, 3.63) is 48.0 Å². The summed E-state index contributed by atoms with van der Waals surface area (Å²) in [5, 5.41) is 0. The van der Waals surface area contributed by atoms with Crippen molar-refractivity contribution in [2.45, 2.75) is 13.3 Å². The maximum atomic E-state index is 12.9. The Morgan fingerprint density at radius 2 is 1.69 bits per heavy atom. The van der Waals surface area contributed by atoms with Gasteiger partial charge < -0.3 is 0 Å². The SMILES string of the molecule is CC[CH][CH]c1cc(F)c(F)cc1F. The largest absolute Gasteiger partial charge is 0.207 e.